The highest BCUT2D eigenvalue weighted by atomic mass is 32.2. The van der Waals surface area contributed by atoms with Crippen LogP contribution in [0.2, 0.25) is 0 Å². The number of urea groups is 1. The summed E-state index contributed by atoms with van der Waals surface area (Å²) in [5.41, 5.74) is 1.58. The summed E-state index contributed by atoms with van der Waals surface area (Å²) in [6.45, 7) is 1.97. The number of methoxy groups -OCH3 is 2. The van der Waals surface area contributed by atoms with Gasteiger partial charge in [-0.15, -0.1) is 0 Å². The Balaban J connectivity index is 2.00. The molecule has 8 heteroatoms. The van der Waals surface area contributed by atoms with Gasteiger partial charge in [0.05, 0.1) is 26.5 Å². The number of esters is 1. The third kappa shape index (κ3) is 7.23. The maximum absolute atomic E-state index is 12.5. The number of carbonyl (C=O) groups is 2. The topological polar surface area (TPSA) is 85.9 Å². The summed E-state index contributed by atoms with van der Waals surface area (Å²) in [6.07, 6.45) is 0. The molecular formula is C21H26N2O5S. The molecular weight excluding hydrogens is 392 g/mol. The van der Waals surface area contributed by atoms with Gasteiger partial charge in [0, 0.05) is 17.6 Å². The first-order valence-corrected chi connectivity index (χ1v) is 10.3. The number of hydrogen-bond donors (Lipinski definition) is 2. The van der Waals surface area contributed by atoms with Gasteiger partial charge < -0.3 is 24.8 Å². The largest absolute Gasteiger partial charge is 0.497 e. The summed E-state index contributed by atoms with van der Waals surface area (Å²) < 4.78 is 15.5. The van der Waals surface area contributed by atoms with Crippen LogP contribution in [0.1, 0.15) is 12.5 Å². The van der Waals surface area contributed by atoms with Crippen molar-refractivity contribution in [2.24, 2.45) is 0 Å². The number of amides is 2. The van der Waals surface area contributed by atoms with Crippen molar-refractivity contribution in [2.45, 2.75) is 18.7 Å². The molecule has 0 fully saturated rings. The second kappa shape index (κ2) is 11.9. The van der Waals surface area contributed by atoms with Gasteiger partial charge in [0.15, 0.2) is 0 Å². The predicted molar refractivity (Wildman–Crippen MR) is 115 cm³/mol. The molecule has 0 radical (unpaired) electrons. The fourth-order valence-corrected chi connectivity index (χ4v) is 3.51. The molecule has 1 unspecified atom stereocenters. The molecule has 0 saturated carbocycles. The molecule has 0 aliphatic heterocycles. The van der Waals surface area contributed by atoms with Crippen molar-refractivity contribution in [3.05, 3.63) is 54.1 Å². The Kier molecular flexibility index (Phi) is 9.17. The number of carbonyl (C=O) groups excluding carboxylic acids is 2. The van der Waals surface area contributed by atoms with Gasteiger partial charge in [0.1, 0.15) is 17.5 Å². The Bertz CT molecular complexity index is 801. The quantitative estimate of drug-likeness (QED) is 0.573. The summed E-state index contributed by atoms with van der Waals surface area (Å²) in [6, 6.07) is 13.7. The zero-order valence-electron chi connectivity index (χ0n) is 16.8. The molecule has 29 heavy (non-hydrogen) atoms. The van der Waals surface area contributed by atoms with Crippen LogP contribution in [0.15, 0.2) is 48.5 Å². The van der Waals surface area contributed by atoms with Crippen LogP contribution < -0.4 is 20.1 Å². The molecule has 2 N–H and O–H groups in total. The Labute approximate surface area is 175 Å². The van der Waals surface area contributed by atoms with Crippen molar-refractivity contribution < 1.29 is 23.8 Å². The molecule has 156 valence electrons. The molecule has 2 aromatic rings. The molecule has 0 aliphatic carbocycles. The lowest BCUT2D eigenvalue weighted by Crippen LogP contribution is -2.45. The van der Waals surface area contributed by atoms with Crippen LogP contribution in [0.3, 0.4) is 0 Å². The van der Waals surface area contributed by atoms with Crippen molar-refractivity contribution in [3.8, 4) is 11.5 Å². The predicted octanol–water partition coefficient (Wildman–Crippen LogP) is 3.69. The van der Waals surface area contributed by atoms with Gasteiger partial charge in [-0.25, -0.2) is 9.59 Å². The maximum Gasteiger partial charge on any atom is 0.329 e. The van der Waals surface area contributed by atoms with Crippen molar-refractivity contribution in [3.63, 3.8) is 0 Å². The van der Waals surface area contributed by atoms with Gasteiger partial charge in [-0.05, 0) is 24.6 Å². The van der Waals surface area contributed by atoms with Gasteiger partial charge in [-0.3, -0.25) is 0 Å². The minimum Gasteiger partial charge on any atom is -0.497 e. The van der Waals surface area contributed by atoms with Crippen LogP contribution >= 0.6 is 11.8 Å². The minimum atomic E-state index is -0.778. The summed E-state index contributed by atoms with van der Waals surface area (Å²) in [5, 5.41) is 5.38. The van der Waals surface area contributed by atoms with E-state index in [1.54, 1.807) is 36.9 Å². The fraction of sp³-hybridized carbons (Fsp3) is 0.333. The number of benzene rings is 2. The van der Waals surface area contributed by atoms with Gasteiger partial charge in [0.25, 0.3) is 0 Å². The molecule has 0 aliphatic rings. The third-order valence-electron chi connectivity index (χ3n) is 3.93. The first-order chi connectivity index (χ1) is 14.1. The molecule has 2 rings (SSSR count). The van der Waals surface area contributed by atoms with E-state index in [0.29, 0.717) is 22.9 Å². The van der Waals surface area contributed by atoms with Gasteiger partial charge in [-0.1, -0.05) is 30.3 Å². The molecule has 7 nitrogen and oxygen atoms in total. The zero-order valence-corrected chi connectivity index (χ0v) is 17.6. The van der Waals surface area contributed by atoms with Crippen molar-refractivity contribution >= 4 is 29.4 Å². The average Bonchev–Trinajstić information content (AvgIpc) is 2.73. The van der Waals surface area contributed by atoms with E-state index in [2.05, 4.69) is 10.6 Å². The van der Waals surface area contributed by atoms with E-state index in [-0.39, 0.29) is 6.61 Å². The van der Waals surface area contributed by atoms with E-state index in [1.807, 2.05) is 30.3 Å². The molecule has 0 bridgehead atoms. The summed E-state index contributed by atoms with van der Waals surface area (Å²) in [7, 11) is 3.04. The van der Waals surface area contributed by atoms with E-state index in [1.165, 1.54) is 14.2 Å². The van der Waals surface area contributed by atoms with Crippen LogP contribution in [-0.2, 0) is 15.3 Å². The lowest BCUT2D eigenvalue weighted by molar-refractivity contribution is -0.144. The smallest absolute Gasteiger partial charge is 0.329 e. The average molecular weight is 419 g/mol. The van der Waals surface area contributed by atoms with Crippen LogP contribution in [0, 0.1) is 0 Å². The maximum atomic E-state index is 12.5. The summed E-state index contributed by atoms with van der Waals surface area (Å²) in [5.74, 6) is 1.69. The number of nitrogens with one attached hydrogen (secondary N) is 2. The lowest BCUT2D eigenvalue weighted by atomic mass is 10.2. The van der Waals surface area contributed by atoms with E-state index >= 15 is 0 Å². The molecule has 0 heterocycles. The molecule has 1 atom stereocenters. The van der Waals surface area contributed by atoms with E-state index in [4.69, 9.17) is 14.2 Å². The first-order valence-electron chi connectivity index (χ1n) is 9.15. The molecule has 0 spiro atoms. The Morgan fingerprint density at radius 3 is 2.48 bits per heavy atom. The van der Waals surface area contributed by atoms with Gasteiger partial charge >= 0.3 is 12.0 Å². The molecule has 0 saturated heterocycles. The Hall–Kier alpha value is -2.87. The van der Waals surface area contributed by atoms with Gasteiger partial charge in [-0.2, -0.15) is 11.8 Å². The zero-order chi connectivity index (χ0) is 21.1. The third-order valence-corrected chi connectivity index (χ3v) is 5.03. The SMILES string of the molecule is CCOC(=O)C(CSCc1ccccc1)NC(=O)Nc1cc(OC)ccc1OC. The van der Waals surface area contributed by atoms with Crippen molar-refractivity contribution in [1.29, 1.82) is 0 Å². The standard InChI is InChI=1S/C21H26N2O5S/c1-4-28-20(24)18(14-29-13-15-8-6-5-7-9-15)23-21(25)22-17-12-16(26-2)10-11-19(17)27-3/h5-12,18H,4,13-14H2,1-3H3,(H2,22,23,25). The van der Waals surface area contributed by atoms with Crippen LogP contribution in [0.5, 0.6) is 11.5 Å². The Morgan fingerprint density at radius 2 is 1.83 bits per heavy atom. The van der Waals surface area contributed by atoms with Gasteiger partial charge in [0.2, 0.25) is 0 Å². The molecule has 2 aromatic carbocycles. The fourth-order valence-electron chi connectivity index (χ4n) is 2.51. The van der Waals surface area contributed by atoms with Crippen LogP contribution in [-0.4, -0.2) is 44.6 Å². The highest BCUT2D eigenvalue weighted by molar-refractivity contribution is 7.98. The van der Waals surface area contributed by atoms with Crippen LogP contribution in [0.25, 0.3) is 0 Å². The van der Waals surface area contributed by atoms with Crippen molar-refractivity contribution in [1.82, 2.24) is 5.32 Å². The second-order valence-electron chi connectivity index (χ2n) is 5.97. The monoisotopic (exact) mass is 418 g/mol. The number of hydrogen-bond acceptors (Lipinski definition) is 6. The van der Waals surface area contributed by atoms with E-state index in [9.17, 15) is 9.59 Å². The van der Waals surface area contributed by atoms with E-state index in [0.717, 1.165) is 11.3 Å². The molecule has 2 amide bonds. The highest BCUT2D eigenvalue weighted by Crippen LogP contribution is 2.28. The minimum absolute atomic E-state index is 0.242. The highest BCUT2D eigenvalue weighted by Gasteiger charge is 2.22. The summed E-state index contributed by atoms with van der Waals surface area (Å²) >= 11 is 1.54. The second-order valence-corrected chi connectivity index (χ2v) is 7.00. The number of ether oxygens (including phenoxy) is 3. The van der Waals surface area contributed by atoms with Crippen LogP contribution in [0.4, 0.5) is 10.5 Å². The van der Waals surface area contributed by atoms with Crippen molar-refractivity contribution in [2.75, 3.05) is 31.9 Å². The number of anilines is 1. The van der Waals surface area contributed by atoms with E-state index < -0.39 is 18.0 Å². The molecule has 0 aromatic heterocycles. The number of rotatable bonds is 10. The first kappa shape index (κ1) is 22.4. The lowest BCUT2D eigenvalue weighted by Gasteiger charge is -2.18. The summed E-state index contributed by atoms with van der Waals surface area (Å²) in [4.78, 5) is 24.8. The number of thioether (sulfide) groups is 1. The Morgan fingerprint density at radius 1 is 1.07 bits per heavy atom. The normalized spacial score (nSPS) is 11.3.